The summed E-state index contributed by atoms with van der Waals surface area (Å²) < 4.78 is 20.8. The van der Waals surface area contributed by atoms with Gasteiger partial charge in [-0.1, -0.05) is 16.8 Å². The number of para-hydroxylation sites is 2. The molecule has 1 aromatic rings. The molecule has 2 unspecified atom stereocenters. The van der Waals surface area contributed by atoms with Crippen molar-refractivity contribution in [2.45, 2.75) is 5.97 Å². The number of carbonyl (C=O) groups is 1. The summed E-state index contributed by atoms with van der Waals surface area (Å²) in [6.45, 7) is -0.719. The van der Waals surface area contributed by atoms with Crippen LogP contribution in [0.3, 0.4) is 0 Å². The molecule has 0 amide bonds. The third kappa shape index (κ3) is 4.80. The molecule has 112 valence electrons. The number of carboxylic acids is 1. The Kier molecular flexibility index (Phi) is 5.93. The van der Waals surface area contributed by atoms with Gasteiger partial charge in [-0.25, -0.2) is 0 Å². The van der Waals surface area contributed by atoms with E-state index in [4.69, 9.17) is 9.84 Å². The summed E-state index contributed by atoms with van der Waals surface area (Å²) in [5.74, 6) is -3.14. The molecule has 1 aromatic carbocycles. The van der Waals surface area contributed by atoms with E-state index in [9.17, 15) is 19.4 Å². The van der Waals surface area contributed by atoms with E-state index in [0.717, 1.165) is 0 Å². The molecule has 20 heavy (non-hydrogen) atoms. The lowest BCUT2D eigenvalue weighted by molar-refractivity contribution is -0.136. The highest BCUT2D eigenvalue weighted by Gasteiger charge is 2.33. The zero-order chi connectivity index (χ0) is 15.2. The monoisotopic (exact) mass is 307 g/mol. The molecule has 0 aliphatic rings. The molecule has 0 heterocycles. The number of aliphatic hydroxyl groups excluding tert-OH is 1. The van der Waals surface area contributed by atoms with Crippen LogP contribution in [0.25, 0.3) is 0 Å². The molecular weight excluding hydrogens is 293 g/mol. The predicted molar refractivity (Wildman–Crippen MR) is 66.2 cm³/mol. The molecule has 0 bridgehead atoms. The van der Waals surface area contributed by atoms with Crippen LogP contribution in [0, 0.1) is 0 Å². The van der Waals surface area contributed by atoms with Gasteiger partial charge in [0.2, 0.25) is 11.7 Å². The molecule has 0 saturated heterocycles. The van der Waals surface area contributed by atoms with Crippen molar-refractivity contribution in [2.75, 3.05) is 13.7 Å². The number of carboxylic acid groups (broad SMARTS) is 1. The summed E-state index contributed by atoms with van der Waals surface area (Å²) in [6, 6.07) is 6.16. The number of hydrogen-bond donors (Lipinski definition) is 4. The van der Waals surface area contributed by atoms with Crippen LogP contribution in [-0.2, 0) is 14.0 Å². The fourth-order valence-corrected chi connectivity index (χ4v) is 1.71. The number of ether oxygens (including phenoxy) is 1. The van der Waals surface area contributed by atoms with Crippen molar-refractivity contribution >= 4 is 13.6 Å². The van der Waals surface area contributed by atoms with Crippen LogP contribution < -0.4 is 14.9 Å². The maximum Gasteiger partial charge on any atom is 0.408 e. The first kappa shape index (κ1) is 16.4. The Labute approximate surface area is 114 Å². The minimum absolute atomic E-state index is 0.0229. The van der Waals surface area contributed by atoms with E-state index in [0.29, 0.717) is 0 Å². The molecule has 0 saturated carbocycles. The molecule has 4 N–H and O–H groups in total. The van der Waals surface area contributed by atoms with Crippen LogP contribution in [0.5, 0.6) is 11.5 Å². The van der Waals surface area contributed by atoms with Gasteiger partial charge >= 0.3 is 13.6 Å². The van der Waals surface area contributed by atoms with Gasteiger partial charge in [-0.15, -0.1) is 0 Å². The van der Waals surface area contributed by atoms with E-state index in [-0.39, 0.29) is 11.5 Å². The standard InChI is InChI=1S/C10H14NO8P/c1-17-7-4-2-3-5-8(7)18-19-20(15,16)10(14)11-6-9(12)13/h2-5,10-11,14H,6H2,1H3,(H,12,13)(H,15,16). The lowest BCUT2D eigenvalue weighted by Gasteiger charge is -2.17. The summed E-state index contributed by atoms with van der Waals surface area (Å²) in [7, 11) is -3.27. The highest BCUT2D eigenvalue weighted by molar-refractivity contribution is 7.53. The summed E-state index contributed by atoms with van der Waals surface area (Å²) >= 11 is 0. The van der Waals surface area contributed by atoms with Gasteiger partial charge in [0.1, 0.15) is 0 Å². The van der Waals surface area contributed by atoms with Crippen molar-refractivity contribution in [2.24, 2.45) is 0 Å². The third-order valence-corrected chi connectivity index (χ3v) is 3.14. The van der Waals surface area contributed by atoms with Gasteiger partial charge in [-0.05, 0) is 12.1 Å². The fraction of sp³-hybridized carbons (Fsp3) is 0.300. The first-order valence-corrected chi connectivity index (χ1v) is 6.96. The van der Waals surface area contributed by atoms with E-state index in [1.165, 1.54) is 19.2 Å². The normalized spacial score (nSPS) is 15.2. The van der Waals surface area contributed by atoms with Crippen LogP contribution >= 0.6 is 7.60 Å². The Morgan fingerprint density at radius 1 is 1.40 bits per heavy atom. The van der Waals surface area contributed by atoms with E-state index < -0.39 is 26.1 Å². The van der Waals surface area contributed by atoms with Crippen LogP contribution in [0.2, 0.25) is 0 Å². The second kappa shape index (κ2) is 7.22. The van der Waals surface area contributed by atoms with Crippen LogP contribution in [0.4, 0.5) is 0 Å². The van der Waals surface area contributed by atoms with Crippen molar-refractivity contribution < 1.29 is 38.8 Å². The highest BCUT2D eigenvalue weighted by atomic mass is 31.2. The van der Waals surface area contributed by atoms with Gasteiger partial charge in [-0.3, -0.25) is 14.7 Å². The number of methoxy groups -OCH3 is 1. The first-order valence-electron chi connectivity index (χ1n) is 5.32. The minimum atomic E-state index is -4.63. The number of nitrogens with one attached hydrogen (secondary N) is 1. The molecule has 0 aliphatic heterocycles. The number of hydrogen-bond acceptors (Lipinski definition) is 7. The molecule has 2 atom stereocenters. The van der Waals surface area contributed by atoms with E-state index in [2.05, 4.69) is 9.56 Å². The number of aliphatic carboxylic acids is 1. The Bertz CT molecular complexity index is 508. The predicted octanol–water partition coefficient (Wildman–Crippen LogP) is 0.141. The molecule has 0 fully saturated rings. The number of benzene rings is 1. The Hall–Kier alpha value is -1.64. The Morgan fingerprint density at radius 3 is 2.55 bits per heavy atom. The molecule has 0 radical (unpaired) electrons. The number of rotatable bonds is 8. The Balaban J connectivity index is 2.62. The molecule has 9 nitrogen and oxygen atoms in total. The molecular formula is C10H14NO8P. The smallest absolute Gasteiger partial charge is 0.408 e. The van der Waals surface area contributed by atoms with Crippen molar-refractivity contribution in [3.63, 3.8) is 0 Å². The van der Waals surface area contributed by atoms with Gasteiger partial charge in [0.05, 0.1) is 13.7 Å². The maximum atomic E-state index is 11.6. The summed E-state index contributed by atoms with van der Waals surface area (Å²) in [5.41, 5.74) is 0. The number of aliphatic hydroxyl groups is 1. The largest absolute Gasteiger partial charge is 0.493 e. The average Bonchev–Trinajstić information content (AvgIpc) is 2.42. The van der Waals surface area contributed by atoms with E-state index in [1.54, 1.807) is 12.1 Å². The summed E-state index contributed by atoms with van der Waals surface area (Å²) in [5, 5.41) is 19.6. The SMILES string of the molecule is COc1ccccc1OOP(=O)(O)C(O)NCC(=O)O. The summed E-state index contributed by atoms with van der Waals surface area (Å²) in [4.78, 5) is 24.3. The lowest BCUT2D eigenvalue weighted by atomic mass is 10.3. The second-order valence-electron chi connectivity index (χ2n) is 3.52. The molecule has 0 aromatic heterocycles. The zero-order valence-electron chi connectivity index (χ0n) is 10.4. The Morgan fingerprint density at radius 2 is 2.00 bits per heavy atom. The van der Waals surface area contributed by atoms with E-state index in [1.807, 2.05) is 5.32 Å². The average molecular weight is 307 g/mol. The van der Waals surface area contributed by atoms with Crippen LogP contribution in [0.1, 0.15) is 0 Å². The van der Waals surface area contributed by atoms with Gasteiger partial charge < -0.3 is 24.7 Å². The quantitative estimate of drug-likeness (QED) is 0.229. The minimum Gasteiger partial charge on any atom is -0.493 e. The fourth-order valence-electron chi connectivity index (χ4n) is 1.12. The van der Waals surface area contributed by atoms with Crippen molar-refractivity contribution in [1.82, 2.24) is 5.32 Å². The van der Waals surface area contributed by atoms with Crippen LogP contribution in [0.15, 0.2) is 24.3 Å². The first-order chi connectivity index (χ1) is 9.36. The zero-order valence-corrected chi connectivity index (χ0v) is 11.3. The van der Waals surface area contributed by atoms with Crippen molar-refractivity contribution in [1.29, 1.82) is 0 Å². The third-order valence-electron chi connectivity index (χ3n) is 2.05. The highest BCUT2D eigenvalue weighted by Crippen LogP contribution is 2.46. The van der Waals surface area contributed by atoms with Crippen molar-refractivity contribution in [3.8, 4) is 11.5 Å². The van der Waals surface area contributed by atoms with Gasteiger partial charge in [-0.2, -0.15) is 0 Å². The van der Waals surface area contributed by atoms with Gasteiger partial charge in [0.25, 0.3) is 0 Å². The summed E-state index contributed by atoms with van der Waals surface area (Å²) in [6.07, 6.45) is 0. The molecule has 0 aliphatic carbocycles. The van der Waals surface area contributed by atoms with Gasteiger partial charge in [0, 0.05) is 0 Å². The topological polar surface area (TPSA) is 135 Å². The van der Waals surface area contributed by atoms with Gasteiger partial charge in [0.15, 0.2) is 5.75 Å². The van der Waals surface area contributed by atoms with Crippen molar-refractivity contribution in [3.05, 3.63) is 24.3 Å². The lowest BCUT2D eigenvalue weighted by Crippen LogP contribution is -2.34. The maximum absolute atomic E-state index is 11.6. The van der Waals surface area contributed by atoms with E-state index >= 15 is 0 Å². The molecule has 10 heteroatoms. The molecule has 0 spiro atoms. The second-order valence-corrected chi connectivity index (χ2v) is 5.29. The molecule has 1 rings (SSSR count). The van der Waals surface area contributed by atoms with Crippen LogP contribution in [-0.4, -0.2) is 40.7 Å².